The molecule has 0 amide bonds. The quantitative estimate of drug-likeness (QED) is 0.419. The van der Waals surface area contributed by atoms with Gasteiger partial charge in [0.25, 0.3) is 6.43 Å². The van der Waals surface area contributed by atoms with Crippen molar-refractivity contribution in [3.8, 4) is 5.75 Å². The normalized spacial score (nSPS) is 11.6. The second kappa shape index (κ2) is 7.70. The summed E-state index contributed by atoms with van der Waals surface area (Å²) in [6.45, 7) is 1.62. The summed E-state index contributed by atoms with van der Waals surface area (Å²) in [6, 6.07) is 0. The number of ether oxygens (including phenoxy) is 2. The minimum atomic E-state index is -5.15. The van der Waals surface area contributed by atoms with Crippen LogP contribution >= 0.6 is 15.9 Å². The van der Waals surface area contributed by atoms with Crippen molar-refractivity contribution in [3.63, 3.8) is 0 Å². The Kier molecular flexibility index (Phi) is 6.51. The van der Waals surface area contributed by atoms with Crippen LogP contribution in [0, 0.1) is 0 Å². The lowest BCUT2D eigenvalue weighted by Gasteiger charge is -2.18. The van der Waals surface area contributed by atoms with Gasteiger partial charge in [-0.05, 0) is 6.92 Å². The molecule has 1 heterocycles. The number of pyridine rings is 1. The monoisotopic (exact) mass is 391 g/mol. The Bertz CT molecular complexity index is 536. The molecule has 0 saturated heterocycles. The van der Waals surface area contributed by atoms with Gasteiger partial charge in [-0.1, -0.05) is 15.9 Å². The first-order chi connectivity index (χ1) is 10.2. The predicted molar refractivity (Wildman–Crippen MR) is 68.8 cm³/mol. The fourth-order valence-electron chi connectivity index (χ4n) is 1.62. The molecular weight excluding hydrogens is 381 g/mol. The largest absolute Gasteiger partial charge is 0.573 e. The van der Waals surface area contributed by atoms with Crippen molar-refractivity contribution >= 4 is 21.9 Å². The van der Waals surface area contributed by atoms with Crippen LogP contribution < -0.4 is 4.74 Å². The van der Waals surface area contributed by atoms with Gasteiger partial charge in [-0.15, -0.1) is 13.2 Å². The molecule has 4 nitrogen and oxygen atoms in total. The van der Waals surface area contributed by atoms with Crippen LogP contribution in [0.5, 0.6) is 5.75 Å². The van der Waals surface area contributed by atoms with Gasteiger partial charge in [0.1, 0.15) is 5.75 Å². The van der Waals surface area contributed by atoms with Crippen LogP contribution in [0.15, 0.2) is 6.20 Å². The molecular formula is C12H11BrF5NO3. The Morgan fingerprint density at radius 3 is 2.50 bits per heavy atom. The van der Waals surface area contributed by atoms with Crippen molar-refractivity contribution in [2.45, 2.75) is 31.5 Å². The summed E-state index contributed by atoms with van der Waals surface area (Å²) in [5, 5.41) is -0.249. The van der Waals surface area contributed by atoms with Crippen LogP contribution in [0.4, 0.5) is 22.0 Å². The topological polar surface area (TPSA) is 48.4 Å². The maximum absolute atomic E-state index is 12.8. The lowest BCUT2D eigenvalue weighted by Crippen LogP contribution is -2.21. The zero-order valence-corrected chi connectivity index (χ0v) is 12.8. The molecule has 0 unspecified atom stereocenters. The van der Waals surface area contributed by atoms with Crippen LogP contribution in [0.25, 0.3) is 0 Å². The van der Waals surface area contributed by atoms with Gasteiger partial charge in [0.15, 0.2) is 0 Å². The maximum atomic E-state index is 12.8. The molecule has 0 N–H and O–H groups in total. The van der Waals surface area contributed by atoms with Crippen molar-refractivity contribution in [1.82, 2.24) is 4.98 Å². The zero-order valence-electron chi connectivity index (χ0n) is 11.2. The number of carbonyl (C=O) groups is 1. The van der Waals surface area contributed by atoms with Gasteiger partial charge >= 0.3 is 12.3 Å². The molecule has 10 heteroatoms. The van der Waals surface area contributed by atoms with E-state index in [9.17, 15) is 26.7 Å². The lowest BCUT2D eigenvalue weighted by molar-refractivity contribution is -0.275. The molecule has 0 saturated carbocycles. The Balaban J connectivity index is 3.31. The number of rotatable bonds is 6. The van der Waals surface area contributed by atoms with Crippen molar-refractivity contribution in [1.29, 1.82) is 0 Å². The third-order valence-corrected chi connectivity index (χ3v) is 3.01. The first-order valence-corrected chi connectivity index (χ1v) is 7.07. The molecule has 0 aromatic carbocycles. The molecule has 0 radical (unpaired) electrons. The van der Waals surface area contributed by atoms with Crippen molar-refractivity contribution in [2.75, 3.05) is 6.61 Å². The number of aromatic nitrogens is 1. The van der Waals surface area contributed by atoms with Crippen molar-refractivity contribution in [3.05, 3.63) is 23.0 Å². The number of halogens is 6. The van der Waals surface area contributed by atoms with E-state index in [-0.39, 0.29) is 23.2 Å². The van der Waals surface area contributed by atoms with Crippen LogP contribution in [-0.2, 0) is 21.3 Å². The molecule has 0 fully saturated rings. The van der Waals surface area contributed by atoms with Crippen LogP contribution in [0.2, 0.25) is 0 Å². The third-order valence-electron chi connectivity index (χ3n) is 2.45. The molecule has 124 valence electrons. The standard InChI is InChI=1S/C12H11BrF5NO3/c1-2-21-9(20)3-8-6(4-13)10(22-12(16,17)18)7(5-19-8)11(14)15/h5,11H,2-4H2,1H3. The Morgan fingerprint density at radius 2 is 2.05 bits per heavy atom. The van der Waals surface area contributed by atoms with E-state index in [1.807, 2.05) is 0 Å². The summed E-state index contributed by atoms with van der Waals surface area (Å²) < 4.78 is 71.3. The molecule has 0 aliphatic carbocycles. The Labute approximate surface area is 130 Å². The summed E-state index contributed by atoms with van der Waals surface area (Å²) in [5.41, 5.74) is -1.40. The number of esters is 1. The highest BCUT2D eigenvalue weighted by Gasteiger charge is 2.35. The smallest absolute Gasteiger partial charge is 0.466 e. The Hall–Kier alpha value is -1.45. The highest BCUT2D eigenvalue weighted by molar-refractivity contribution is 9.08. The summed E-state index contributed by atoms with van der Waals surface area (Å²) >= 11 is 2.89. The summed E-state index contributed by atoms with van der Waals surface area (Å²) in [6.07, 6.45) is -8.25. The summed E-state index contributed by atoms with van der Waals surface area (Å²) in [5.74, 6) is -1.78. The third kappa shape index (κ3) is 5.08. The van der Waals surface area contributed by atoms with E-state index in [2.05, 4.69) is 30.4 Å². The Morgan fingerprint density at radius 1 is 1.41 bits per heavy atom. The number of nitrogens with zero attached hydrogens (tertiary/aromatic N) is 1. The molecule has 0 aliphatic heterocycles. The lowest BCUT2D eigenvalue weighted by atomic mass is 10.1. The fourth-order valence-corrected chi connectivity index (χ4v) is 2.20. The predicted octanol–water partition coefficient (Wildman–Crippen LogP) is 3.92. The molecule has 1 aromatic rings. The molecule has 0 bridgehead atoms. The van der Waals surface area contributed by atoms with E-state index in [0.29, 0.717) is 6.20 Å². The molecule has 0 spiro atoms. The zero-order chi connectivity index (χ0) is 16.9. The maximum Gasteiger partial charge on any atom is 0.573 e. The van der Waals surface area contributed by atoms with Gasteiger partial charge in [-0.2, -0.15) is 0 Å². The van der Waals surface area contributed by atoms with E-state index in [1.165, 1.54) is 0 Å². The van der Waals surface area contributed by atoms with Gasteiger partial charge in [0, 0.05) is 17.1 Å². The molecule has 0 atom stereocenters. The molecule has 22 heavy (non-hydrogen) atoms. The van der Waals surface area contributed by atoms with Gasteiger partial charge in [0.2, 0.25) is 0 Å². The highest BCUT2D eigenvalue weighted by atomic mass is 79.9. The van der Waals surface area contributed by atoms with E-state index < -0.39 is 36.5 Å². The van der Waals surface area contributed by atoms with Crippen LogP contribution in [0.3, 0.4) is 0 Å². The molecule has 1 aromatic heterocycles. The highest BCUT2D eigenvalue weighted by Crippen LogP contribution is 2.37. The molecule has 1 rings (SSSR count). The van der Waals surface area contributed by atoms with E-state index in [4.69, 9.17) is 0 Å². The second-order valence-electron chi connectivity index (χ2n) is 3.93. The summed E-state index contributed by atoms with van der Waals surface area (Å²) in [7, 11) is 0. The SMILES string of the molecule is CCOC(=O)Cc1ncc(C(F)F)c(OC(F)(F)F)c1CBr. The number of hydrogen-bond acceptors (Lipinski definition) is 4. The number of carbonyl (C=O) groups excluding carboxylic acids is 1. The minimum absolute atomic E-state index is 0.0729. The van der Waals surface area contributed by atoms with Crippen molar-refractivity contribution < 1.29 is 36.2 Å². The number of hydrogen-bond donors (Lipinski definition) is 0. The van der Waals surface area contributed by atoms with Gasteiger partial charge in [-0.3, -0.25) is 9.78 Å². The van der Waals surface area contributed by atoms with Gasteiger partial charge < -0.3 is 9.47 Å². The minimum Gasteiger partial charge on any atom is -0.466 e. The first kappa shape index (κ1) is 18.6. The van der Waals surface area contributed by atoms with Crippen molar-refractivity contribution in [2.24, 2.45) is 0 Å². The molecule has 0 aliphatic rings. The van der Waals surface area contributed by atoms with Crippen LogP contribution in [0.1, 0.15) is 30.2 Å². The average molecular weight is 392 g/mol. The second-order valence-corrected chi connectivity index (χ2v) is 4.49. The first-order valence-electron chi connectivity index (χ1n) is 5.95. The van der Waals surface area contributed by atoms with Crippen LogP contribution in [-0.4, -0.2) is 23.9 Å². The number of alkyl halides is 6. The van der Waals surface area contributed by atoms with Gasteiger partial charge in [0.05, 0.1) is 24.3 Å². The van der Waals surface area contributed by atoms with Gasteiger partial charge in [-0.25, -0.2) is 8.78 Å². The fraction of sp³-hybridized carbons (Fsp3) is 0.500. The average Bonchev–Trinajstić information content (AvgIpc) is 2.37. The van der Waals surface area contributed by atoms with E-state index in [1.54, 1.807) is 6.92 Å². The van der Waals surface area contributed by atoms with E-state index in [0.717, 1.165) is 0 Å². The van der Waals surface area contributed by atoms with E-state index >= 15 is 0 Å². The summed E-state index contributed by atoms with van der Waals surface area (Å²) in [4.78, 5) is 15.0.